The molecule has 1 atom stereocenters. The van der Waals surface area contributed by atoms with E-state index in [1.165, 1.54) is 0 Å². The third kappa shape index (κ3) is 3.24. The first-order chi connectivity index (χ1) is 10.2. The molecule has 3 rings (SSSR count). The number of hydrogen-bond donors (Lipinski definition) is 1. The van der Waals surface area contributed by atoms with Crippen LogP contribution in [0.2, 0.25) is 0 Å². The highest BCUT2D eigenvalue weighted by molar-refractivity contribution is 5.85. The summed E-state index contributed by atoms with van der Waals surface area (Å²) in [4.78, 5) is 6.78. The SMILES string of the molecule is COc1cc(-c2nc(C3CNCCN3C)no2)ccc1C.Cl. The monoisotopic (exact) mass is 324 g/mol. The van der Waals surface area contributed by atoms with Crippen molar-refractivity contribution < 1.29 is 9.26 Å². The number of likely N-dealkylation sites (N-methyl/N-ethyl adjacent to an activating group) is 1. The number of benzene rings is 1. The van der Waals surface area contributed by atoms with Crippen LogP contribution in [0.5, 0.6) is 5.75 Å². The number of aromatic nitrogens is 2. The zero-order valence-electron chi connectivity index (χ0n) is 13.0. The zero-order valence-corrected chi connectivity index (χ0v) is 13.8. The third-order valence-corrected chi connectivity index (χ3v) is 3.91. The summed E-state index contributed by atoms with van der Waals surface area (Å²) in [5, 5.41) is 7.49. The van der Waals surface area contributed by atoms with Crippen LogP contribution in [0.1, 0.15) is 17.4 Å². The second-order valence-corrected chi connectivity index (χ2v) is 5.34. The molecule has 1 saturated heterocycles. The van der Waals surface area contributed by atoms with Gasteiger partial charge in [-0.15, -0.1) is 12.4 Å². The summed E-state index contributed by atoms with van der Waals surface area (Å²) in [6.45, 7) is 4.82. The molecule has 2 heterocycles. The largest absolute Gasteiger partial charge is 0.496 e. The molecule has 1 aliphatic heterocycles. The molecule has 0 saturated carbocycles. The van der Waals surface area contributed by atoms with Gasteiger partial charge in [0.05, 0.1) is 13.2 Å². The molecule has 1 unspecified atom stereocenters. The Morgan fingerprint density at radius 2 is 2.23 bits per heavy atom. The molecule has 1 N–H and O–H groups in total. The number of rotatable bonds is 3. The van der Waals surface area contributed by atoms with E-state index in [9.17, 15) is 0 Å². The average molecular weight is 325 g/mol. The van der Waals surface area contributed by atoms with Gasteiger partial charge in [-0.3, -0.25) is 4.90 Å². The van der Waals surface area contributed by atoms with E-state index in [4.69, 9.17) is 9.26 Å². The quantitative estimate of drug-likeness (QED) is 0.932. The molecule has 0 aliphatic carbocycles. The molecular formula is C15H21ClN4O2. The molecule has 1 aliphatic rings. The van der Waals surface area contributed by atoms with E-state index >= 15 is 0 Å². The standard InChI is InChI=1S/C15H20N4O2.ClH/c1-10-4-5-11(8-13(10)20-3)15-17-14(18-21-15)12-9-16-6-7-19(12)2;/h4-5,8,12,16H,6-7,9H2,1-3H3;1H. The number of halogens is 1. The van der Waals surface area contributed by atoms with Crippen LogP contribution in [0.15, 0.2) is 22.7 Å². The summed E-state index contributed by atoms with van der Waals surface area (Å²) in [6.07, 6.45) is 0. The fourth-order valence-corrected chi connectivity index (χ4v) is 2.53. The van der Waals surface area contributed by atoms with E-state index in [1.54, 1.807) is 7.11 Å². The van der Waals surface area contributed by atoms with Gasteiger partial charge in [-0.1, -0.05) is 11.2 Å². The Hall–Kier alpha value is -1.63. The van der Waals surface area contributed by atoms with E-state index < -0.39 is 0 Å². The predicted octanol–water partition coefficient (Wildman–Crippen LogP) is 2.05. The Balaban J connectivity index is 0.00000176. The molecule has 6 nitrogen and oxygen atoms in total. The van der Waals surface area contributed by atoms with Gasteiger partial charge in [0, 0.05) is 25.2 Å². The molecule has 1 aromatic carbocycles. The highest BCUT2D eigenvalue weighted by atomic mass is 35.5. The highest BCUT2D eigenvalue weighted by Gasteiger charge is 2.25. The summed E-state index contributed by atoms with van der Waals surface area (Å²) >= 11 is 0. The lowest BCUT2D eigenvalue weighted by Gasteiger charge is -2.30. The molecule has 1 fully saturated rings. The van der Waals surface area contributed by atoms with E-state index in [-0.39, 0.29) is 18.4 Å². The minimum absolute atomic E-state index is 0. The molecule has 0 bridgehead atoms. The van der Waals surface area contributed by atoms with Crippen molar-refractivity contribution >= 4 is 12.4 Å². The van der Waals surface area contributed by atoms with Gasteiger partial charge in [-0.05, 0) is 31.7 Å². The van der Waals surface area contributed by atoms with Gasteiger partial charge in [0.25, 0.3) is 5.89 Å². The smallest absolute Gasteiger partial charge is 0.258 e. The lowest BCUT2D eigenvalue weighted by Crippen LogP contribution is -2.44. The first kappa shape index (κ1) is 16.7. The molecule has 0 spiro atoms. The maximum absolute atomic E-state index is 5.42. The molecule has 0 radical (unpaired) electrons. The highest BCUT2D eigenvalue weighted by Crippen LogP contribution is 2.27. The number of aryl methyl sites for hydroxylation is 1. The van der Waals surface area contributed by atoms with Crippen LogP contribution in [-0.2, 0) is 0 Å². The van der Waals surface area contributed by atoms with E-state index in [0.717, 1.165) is 42.3 Å². The topological polar surface area (TPSA) is 63.4 Å². The number of nitrogens with one attached hydrogen (secondary N) is 1. The van der Waals surface area contributed by atoms with Crippen LogP contribution in [0, 0.1) is 6.92 Å². The first-order valence-electron chi connectivity index (χ1n) is 7.08. The van der Waals surface area contributed by atoms with Gasteiger partial charge in [0.2, 0.25) is 0 Å². The van der Waals surface area contributed by atoms with Crippen molar-refractivity contribution in [1.29, 1.82) is 0 Å². The summed E-state index contributed by atoms with van der Waals surface area (Å²) in [5.74, 6) is 2.07. The van der Waals surface area contributed by atoms with Crippen LogP contribution >= 0.6 is 12.4 Å². The normalized spacial score (nSPS) is 18.8. The predicted molar refractivity (Wildman–Crippen MR) is 86.5 cm³/mol. The Kier molecular flexibility index (Phi) is 5.39. The minimum atomic E-state index is 0. The van der Waals surface area contributed by atoms with Crippen LogP contribution < -0.4 is 10.1 Å². The summed E-state index contributed by atoms with van der Waals surface area (Å²) in [6, 6.07) is 6.04. The molecule has 0 amide bonds. The van der Waals surface area contributed by atoms with Crippen molar-refractivity contribution in [3.63, 3.8) is 0 Å². The average Bonchev–Trinajstić information content (AvgIpc) is 2.98. The van der Waals surface area contributed by atoms with Crippen molar-refractivity contribution in [2.75, 3.05) is 33.8 Å². The molecule has 1 aromatic heterocycles. The molecular weight excluding hydrogens is 304 g/mol. The van der Waals surface area contributed by atoms with Crippen LogP contribution in [0.3, 0.4) is 0 Å². The summed E-state index contributed by atoms with van der Waals surface area (Å²) in [7, 11) is 3.74. The van der Waals surface area contributed by atoms with Gasteiger partial charge < -0.3 is 14.6 Å². The Morgan fingerprint density at radius 1 is 1.41 bits per heavy atom. The van der Waals surface area contributed by atoms with Gasteiger partial charge in [0.1, 0.15) is 5.75 Å². The number of hydrogen-bond acceptors (Lipinski definition) is 6. The van der Waals surface area contributed by atoms with Crippen molar-refractivity contribution in [2.24, 2.45) is 0 Å². The maximum atomic E-state index is 5.42. The maximum Gasteiger partial charge on any atom is 0.258 e. The van der Waals surface area contributed by atoms with E-state index in [0.29, 0.717) is 5.89 Å². The van der Waals surface area contributed by atoms with Crippen LogP contribution in [0.25, 0.3) is 11.5 Å². The van der Waals surface area contributed by atoms with Gasteiger partial charge >= 0.3 is 0 Å². The van der Waals surface area contributed by atoms with Crippen molar-refractivity contribution in [1.82, 2.24) is 20.4 Å². The number of ether oxygens (including phenoxy) is 1. The number of nitrogens with zero attached hydrogens (tertiary/aromatic N) is 3. The van der Waals surface area contributed by atoms with E-state index in [2.05, 4.69) is 27.4 Å². The number of piperazine rings is 1. The van der Waals surface area contributed by atoms with Crippen LogP contribution in [-0.4, -0.2) is 48.8 Å². The Labute approximate surface area is 136 Å². The van der Waals surface area contributed by atoms with Crippen molar-refractivity contribution in [3.05, 3.63) is 29.6 Å². The fourth-order valence-electron chi connectivity index (χ4n) is 2.53. The zero-order chi connectivity index (χ0) is 14.8. The Morgan fingerprint density at radius 3 is 2.95 bits per heavy atom. The van der Waals surface area contributed by atoms with Crippen molar-refractivity contribution in [2.45, 2.75) is 13.0 Å². The fraction of sp³-hybridized carbons (Fsp3) is 0.467. The van der Waals surface area contributed by atoms with Crippen LogP contribution in [0.4, 0.5) is 0 Å². The van der Waals surface area contributed by atoms with Gasteiger partial charge in [0.15, 0.2) is 5.82 Å². The van der Waals surface area contributed by atoms with Gasteiger partial charge in [-0.2, -0.15) is 4.98 Å². The second-order valence-electron chi connectivity index (χ2n) is 5.34. The molecule has 120 valence electrons. The third-order valence-electron chi connectivity index (χ3n) is 3.91. The molecule has 7 heteroatoms. The minimum Gasteiger partial charge on any atom is -0.496 e. The lowest BCUT2D eigenvalue weighted by molar-refractivity contribution is 0.190. The number of methoxy groups -OCH3 is 1. The lowest BCUT2D eigenvalue weighted by atomic mass is 10.1. The van der Waals surface area contributed by atoms with E-state index in [1.807, 2.05) is 25.1 Å². The summed E-state index contributed by atoms with van der Waals surface area (Å²) < 4.78 is 10.8. The Bertz CT molecular complexity index is 632. The molecule has 2 aromatic rings. The van der Waals surface area contributed by atoms with Gasteiger partial charge in [-0.25, -0.2) is 0 Å². The molecule has 22 heavy (non-hydrogen) atoms. The first-order valence-corrected chi connectivity index (χ1v) is 7.08. The van der Waals surface area contributed by atoms with Crippen molar-refractivity contribution in [3.8, 4) is 17.2 Å². The summed E-state index contributed by atoms with van der Waals surface area (Å²) in [5.41, 5.74) is 1.96. The second kappa shape index (κ2) is 7.09.